The molecule has 0 aromatic carbocycles. The number of carbonyl (C=O) groups excluding carboxylic acids is 1. The second kappa shape index (κ2) is 8.53. The molecule has 0 aromatic rings. The van der Waals surface area contributed by atoms with Crippen LogP contribution < -0.4 is 10.6 Å². The maximum Gasteiger partial charge on any atom is 0.220 e. The minimum Gasteiger partial charge on any atom is -0.355 e. The van der Waals surface area contributed by atoms with Crippen LogP contribution in [0.1, 0.15) is 12.8 Å². The Morgan fingerprint density at radius 3 is 2.71 bits per heavy atom. The van der Waals surface area contributed by atoms with E-state index in [1.165, 1.54) is 5.57 Å². The van der Waals surface area contributed by atoms with Gasteiger partial charge in [-0.25, -0.2) is 0 Å². The van der Waals surface area contributed by atoms with Crippen LogP contribution in [0, 0.1) is 0 Å². The van der Waals surface area contributed by atoms with E-state index >= 15 is 0 Å². The van der Waals surface area contributed by atoms with Crippen molar-refractivity contribution in [2.45, 2.75) is 12.8 Å². The quantitative estimate of drug-likeness (QED) is 0.685. The molecule has 1 aliphatic rings. The van der Waals surface area contributed by atoms with Crippen molar-refractivity contribution in [1.29, 1.82) is 0 Å². The minimum atomic E-state index is 0.108. The van der Waals surface area contributed by atoms with Gasteiger partial charge in [-0.3, -0.25) is 4.79 Å². The highest BCUT2D eigenvalue weighted by molar-refractivity contribution is 5.76. The van der Waals surface area contributed by atoms with Crippen molar-refractivity contribution in [3.63, 3.8) is 0 Å². The number of hydrogen-bond donors (Lipinski definition) is 2. The number of hydrogen-bond acceptors (Lipinski definition) is 2. The Labute approximate surface area is 103 Å². The van der Waals surface area contributed by atoms with E-state index in [1.54, 1.807) is 0 Å². The van der Waals surface area contributed by atoms with Crippen LogP contribution in [0.3, 0.4) is 0 Å². The van der Waals surface area contributed by atoms with Crippen LogP contribution in [0.25, 0.3) is 0 Å². The molecule has 0 aliphatic heterocycles. The van der Waals surface area contributed by atoms with Gasteiger partial charge in [-0.1, -0.05) is 42.5 Å². The van der Waals surface area contributed by atoms with Crippen LogP contribution in [-0.4, -0.2) is 26.0 Å². The molecular weight excluding hydrogens is 212 g/mol. The Bertz CT molecular complexity index is 351. The molecule has 0 atom stereocenters. The largest absolute Gasteiger partial charge is 0.355 e. The van der Waals surface area contributed by atoms with Gasteiger partial charge in [0, 0.05) is 19.5 Å². The van der Waals surface area contributed by atoms with Gasteiger partial charge in [0.1, 0.15) is 0 Å². The smallest absolute Gasteiger partial charge is 0.220 e. The van der Waals surface area contributed by atoms with Gasteiger partial charge in [0.05, 0.1) is 0 Å². The van der Waals surface area contributed by atoms with Gasteiger partial charge in [-0.2, -0.15) is 0 Å². The molecule has 0 saturated carbocycles. The standard InChI is InChI=1S/C14H20N2O/c1-15-11-12-16-14(17)10-9-13-7-5-3-2-4-6-8-13/h2-8,15H,9-12H2,1H3,(H,16,17)/b3-2-,4-2?,5-3?,6-4-,7-5-,8-6?,13-7?,13-8+. The molecule has 17 heavy (non-hydrogen) atoms. The lowest BCUT2D eigenvalue weighted by Gasteiger charge is -2.05. The van der Waals surface area contributed by atoms with E-state index in [4.69, 9.17) is 0 Å². The molecule has 1 rings (SSSR count). The monoisotopic (exact) mass is 232 g/mol. The highest BCUT2D eigenvalue weighted by atomic mass is 16.1. The number of allylic oxidation sites excluding steroid dienone is 8. The van der Waals surface area contributed by atoms with Gasteiger partial charge < -0.3 is 10.6 Å². The molecule has 2 N–H and O–H groups in total. The highest BCUT2D eigenvalue weighted by Gasteiger charge is 2.01. The first-order valence-corrected chi connectivity index (χ1v) is 5.95. The van der Waals surface area contributed by atoms with E-state index in [9.17, 15) is 4.79 Å². The Morgan fingerprint density at radius 2 is 1.88 bits per heavy atom. The average molecular weight is 232 g/mol. The summed E-state index contributed by atoms with van der Waals surface area (Å²) in [7, 11) is 1.87. The zero-order valence-electron chi connectivity index (χ0n) is 10.3. The van der Waals surface area contributed by atoms with E-state index in [-0.39, 0.29) is 5.91 Å². The van der Waals surface area contributed by atoms with Crippen molar-refractivity contribution in [2.75, 3.05) is 20.1 Å². The molecule has 0 radical (unpaired) electrons. The summed E-state index contributed by atoms with van der Waals surface area (Å²) >= 11 is 0. The van der Waals surface area contributed by atoms with Crippen molar-refractivity contribution >= 4 is 5.91 Å². The first-order valence-electron chi connectivity index (χ1n) is 5.95. The summed E-state index contributed by atoms with van der Waals surface area (Å²) in [5.41, 5.74) is 1.18. The maximum atomic E-state index is 11.5. The second-order valence-corrected chi connectivity index (χ2v) is 3.82. The molecule has 92 valence electrons. The Hall–Kier alpha value is -1.61. The zero-order valence-corrected chi connectivity index (χ0v) is 10.3. The lowest BCUT2D eigenvalue weighted by Crippen LogP contribution is -2.30. The summed E-state index contributed by atoms with van der Waals surface area (Å²) < 4.78 is 0. The summed E-state index contributed by atoms with van der Waals surface area (Å²) in [5, 5.41) is 5.86. The summed E-state index contributed by atoms with van der Waals surface area (Å²) in [4.78, 5) is 11.5. The van der Waals surface area contributed by atoms with E-state index in [0.29, 0.717) is 13.0 Å². The number of likely N-dealkylation sites (N-methyl/N-ethyl adjacent to an activating group) is 1. The van der Waals surface area contributed by atoms with Gasteiger partial charge in [-0.15, -0.1) is 0 Å². The van der Waals surface area contributed by atoms with Crippen LogP contribution in [0.4, 0.5) is 0 Å². The van der Waals surface area contributed by atoms with Crippen LogP contribution in [-0.2, 0) is 4.79 Å². The van der Waals surface area contributed by atoms with E-state index < -0.39 is 0 Å². The van der Waals surface area contributed by atoms with Crippen LogP contribution in [0.15, 0.2) is 48.1 Å². The number of amides is 1. The van der Waals surface area contributed by atoms with Crippen molar-refractivity contribution in [3.05, 3.63) is 48.1 Å². The topological polar surface area (TPSA) is 41.1 Å². The maximum absolute atomic E-state index is 11.5. The molecule has 0 saturated heterocycles. The number of nitrogens with one attached hydrogen (secondary N) is 2. The molecule has 0 spiro atoms. The third-order valence-electron chi connectivity index (χ3n) is 2.40. The molecule has 0 aromatic heterocycles. The third kappa shape index (κ3) is 6.53. The van der Waals surface area contributed by atoms with Crippen molar-refractivity contribution in [1.82, 2.24) is 10.6 Å². The van der Waals surface area contributed by atoms with E-state index in [0.717, 1.165) is 13.0 Å². The fourth-order valence-electron chi connectivity index (χ4n) is 1.45. The van der Waals surface area contributed by atoms with Gasteiger partial charge in [-0.05, 0) is 19.0 Å². The first kappa shape index (κ1) is 13.5. The van der Waals surface area contributed by atoms with Crippen molar-refractivity contribution < 1.29 is 4.79 Å². The lowest BCUT2D eigenvalue weighted by atomic mass is 10.1. The molecule has 3 heteroatoms. The van der Waals surface area contributed by atoms with Crippen LogP contribution in [0.5, 0.6) is 0 Å². The van der Waals surface area contributed by atoms with Crippen molar-refractivity contribution in [2.24, 2.45) is 0 Å². The molecule has 0 fully saturated rings. The SMILES string of the molecule is CNCCNC(=O)CCC1=C/C=C\C=C/C=C\1. The average Bonchev–Trinajstić information content (AvgIpc) is 2.28. The predicted octanol–water partition coefficient (Wildman–Crippen LogP) is 1.71. The van der Waals surface area contributed by atoms with Crippen molar-refractivity contribution in [3.8, 4) is 0 Å². The van der Waals surface area contributed by atoms with Gasteiger partial charge in [0.15, 0.2) is 0 Å². The van der Waals surface area contributed by atoms with Crippen LogP contribution in [0.2, 0.25) is 0 Å². The third-order valence-corrected chi connectivity index (χ3v) is 2.40. The number of rotatable bonds is 6. The van der Waals surface area contributed by atoms with Gasteiger partial charge in [0.25, 0.3) is 0 Å². The molecule has 3 nitrogen and oxygen atoms in total. The molecule has 0 unspecified atom stereocenters. The number of carbonyl (C=O) groups is 1. The second-order valence-electron chi connectivity index (χ2n) is 3.82. The Balaban J connectivity index is 2.27. The van der Waals surface area contributed by atoms with Gasteiger partial charge in [0.2, 0.25) is 5.91 Å². The summed E-state index contributed by atoms with van der Waals surface area (Å²) in [6.07, 6.45) is 15.3. The highest BCUT2D eigenvalue weighted by Crippen LogP contribution is 2.09. The van der Waals surface area contributed by atoms with E-state index in [1.807, 2.05) is 49.6 Å². The molecule has 0 heterocycles. The van der Waals surface area contributed by atoms with Gasteiger partial charge >= 0.3 is 0 Å². The first-order chi connectivity index (χ1) is 8.33. The molecule has 1 amide bonds. The summed E-state index contributed by atoms with van der Waals surface area (Å²) in [5.74, 6) is 0.108. The molecular formula is C14H20N2O. The van der Waals surface area contributed by atoms with Crippen LogP contribution >= 0.6 is 0 Å². The predicted molar refractivity (Wildman–Crippen MR) is 71.7 cm³/mol. The Morgan fingerprint density at radius 1 is 1.12 bits per heavy atom. The summed E-state index contributed by atoms with van der Waals surface area (Å²) in [6, 6.07) is 0. The minimum absolute atomic E-state index is 0.108. The normalized spacial score (nSPS) is 22.8. The Kier molecular flexibility index (Phi) is 6.75. The summed E-state index contributed by atoms with van der Waals surface area (Å²) in [6.45, 7) is 1.49. The van der Waals surface area contributed by atoms with E-state index in [2.05, 4.69) is 10.6 Å². The molecule has 0 bridgehead atoms. The molecule has 1 aliphatic carbocycles. The lowest BCUT2D eigenvalue weighted by molar-refractivity contribution is -0.121. The fourth-order valence-corrected chi connectivity index (χ4v) is 1.45. The zero-order chi connectivity index (χ0) is 12.3. The fraction of sp³-hybridized carbons (Fsp3) is 0.357.